The largest absolute Gasteiger partial charge is 0.507 e. The van der Waals surface area contributed by atoms with Gasteiger partial charge in [-0.05, 0) is 66.0 Å². The van der Waals surface area contributed by atoms with Crippen LogP contribution in [0, 0.1) is 0 Å². The molecule has 3 aromatic rings. The van der Waals surface area contributed by atoms with Crippen LogP contribution in [-0.4, -0.2) is 26.7 Å². The zero-order chi connectivity index (χ0) is 21.4. The van der Waals surface area contributed by atoms with Crippen molar-refractivity contribution in [2.45, 2.75) is 38.3 Å². The molecule has 3 heterocycles. The molecule has 1 unspecified atom stereocenters. The first kappa shape index (κ1) is 19.7. The number of aliphatic hydroxyl groups is 1. The average molecular weight is 431 g/mol. The first-order valence-electron chi connectivity index (χ1n) is 10.5. The van der Waals surface area contributed by atoms with Crippen LogP contribution in [0.5, 0.6) is 0 Å². The van der Waals surface area contributed by atoms with Crippen LogP contribution in [0.3, 0.4) is 0 Å². The predicted octanol–water partition coefficient (Wildman–Crippen LogP) is 4.64. The van der Waals surface area contributed by atoms with Gasteiger partial charge in [0.2, 0.25) is 0 Å². The number of likely N-dealkylation sites (tertiary alicyclic amines) is 1. The summed E-state index contributed by atoms with van der Waals surface area (Å²) in [5.74, 6) is -1.34. The number of carbonyl (C=O) groups excluding carboxylic acids is 2. The van der Waals surface area contributed by atoms with Gasteiger partial charge in [0.15, 0.2) is 0 Å². The number of amides is 1. The summed E-state index contributed by atoms with van der Waals surface area (Å²) in [5.41, 5.74) is 4.11. The summed E-state index contributed by atoms with van der Waals surface area (Å²) < 4.78 is 0. The molecule has 31 heavy (non-hydrogen) atoms. The van der Waals surface area contributed by atoms with Gasteiger partial charge in [-0.3, -0.25) is 14.6 Å². The highest BCUT2D eigenvalue weighted by atomic mass is 32.1. The number of hydrogen-bond donors (Lipinski definition) is 1. The summed E-state index contributed by atoms with van der Waals surface area (Å²) in [6, 6.07) is 12.7. The number of aromatic nitrogens is 1. The Labute approximate surface area is 184 Å². The fourth-order valence-electron chi connectivity index (χ4n) is 4.51. The maximum atomic E-state index is 13.1. The third-order valence-electron chi connectivity index (χ3n) is 6.05. The molecule has 1 aliphatic heterocycles. The number of rotatable bonds is 4. The minimum atomic E-state index is -0.641. The molecule has 2 aromatic heterocycles. The number of aliphatic hydroxyl groups excluding tert-OH is 1. The van der Waals surface area contributed by atoms with Crippen LogP contribution in [0.15, 0.2) is 65.8 Å². The zero-order valence-corrected chi connectivity index (χ0v) is 17.8. The highest BCUT2D eigenvalue weighted by molar-refractivity contribution is 7.10. The first-order valence-corrected chi connectivity index (χ1v) is 11.3. The summed E-state index contributed by atoms with van der Waals surface area (Å²) in [7, 11) is 0. The number of pyridine rings is 1. The molecule has 0 radical (unpaired) electrons. The van der Waals surface area contributed by atoms with E-state index in [9.17, 15) is 14.7 Å². The predicted molar refractivity (Wildman–Crippen MR) is 119 cm³/mol. The third kappa shape index (κ3) is 3.57. The molecule has 6 heteroatoms. The average Bonchev–Trinajstić information content (AvgIpc) is 3.42. The van der Waals surface area contributed by atoms with Crippen molar-refractivity contribution in [1.29, 1.82) is 0 Å². The molecule has 5 rings (SSSR count). The highest BCUT2D eigenvalue weighted by Crippen LogP contribution is 2.42. The number of nitrogens with zero attached hydrogens (tertiary/aromatic N) is 2. The van der Waals surface area contributed by atoms with E-state index in [0.717, 1.165) is 29.7 Å². The van der Waals surface area contributed by atoms with Crippen molar-refractivity contribution in [2.75, 3.05) is 0 Å². The van der Waals surface area contributed by atoms with E-state index < -0.39 is 17.7 Å². The smallest absolute Gasteiger partial charge is 0.295 e. The topological polar surface area (TPSA) is 70.5 Å². The summed E-state index contributed by atoms with van der Waals surface area (Å²) in [5, 5.41) is 13.2. The lowest BCUT2D eigenvalue weighted by Crippen LogP contribution is -2.28. The van der Waals surface area contributed by atoms with E-state index in [1.807, 2.05) is 41.8 Å². The monoisotopic (exact) mass is 430 g/mol. The lowest BCUT2D eigenvalue weighted by molar-refractivity contribution is -0.140. The zero-order valence-electron chi connectivity index (χ0n) is 17.0. The molecule has 1 aliphatic carbocycles. The Morgan fingerprint density at radius 1 is 1.10 bits per heavy atom. The van der Waals surface area contributed by atoms with Crippen molar-refractivity contribution >= 4 is 28.8 Å². The van der Waals surface area contributed by atoms with E-state index in [2.05, 4.69) is 4.98 Å². The van der Waals surface area contributed by atoms with Gasteiger partial charge in [-0.2, -0.15) is 0 Å². The summed E-state index contributed by atoms with van der Waals surface area (Å²) in [6.07, 6.45) is 7.68. The molecule has 0 spiro atoms. The van der Waals surface area contributed by atoms with Crippen LogP contribution in [0.1, 0.15) is 46.0 Å². The molecule has 0 saturated carbocycles. The van der Waals surface area contributed by atoms with Gasteiger partial charge in [-0.15, -0.1) is 11.3 Å². The second-order valence-corrected chi connectivity index (χ2v) is 8.97. The lowest BCUT2D eigenvalue weighted by atomic mass is 9.89. The van der Waals surface area contributed by atoms with Gasteiger partial charge in [-0.1, -0.05) is 24.3 Å². The van der Waals surface area contributed by atoms with Crippen molar-refractivity contribution in [2.24, 2.45) is 0 Å². The number of hydrogen-bond acceptors (Lipinski definition) is 5. The Morgan fingerprint density at radius 3 is 2.68 bits per heavy atom. The number of thiophene rings is 1. The number of fused-ring (bicyclic) bond motifs is 1. The third-order valence-corrected chi connectivity index (χ3v) is 6.98. The molecule has 1 N–H and O–H groups in total. The van der Waals surface area contributed by atoms with Gasteiger partial charge in [0.25, 0.3) is 11.7 Å². The summed E-state index contributed by atoms with van der Waals surface area (Å²) in [4.78, 5) is 32.6. The Hall–Kier alpha value is -3.25. The van der Waals surface area contributed by atoms with Crippen LogP contribution in [0.4, 0.5) is 0 Å². The fourth-order valence-corrected chi connectivity index (χ4v) is 5.36. The Balaban J connectivity index is 1.60. The number of benzene rings is 1. The Kier molecular flexibility index (Phi) is 5.16. The van der Waals surface area contributed by atoms with Gasteiger partial charge in [0.05, 0.1) is 11.6 Å². The van der Waals surface area contributed by atoms with Crippen molar-refractivity contribution < 1.29 is 14.7 Å². The van der Waals surface area contributed by atoms with E-state index in [1.54, 1.807) is 18.5 Å². The van der Waals surface area contributed by atoms with Gasteiger partial charge in [0, 0.05) is 29.4 Å². The van der Waals surface area contributed by atoms with Crippen molar-refractivity contribution in [3.63, 3.8) is 0 Å². The van der Waals surface area contributed by atoms with Crippen LogP contribution in [-0.2, 0) is 29.0 Å². The highest BCUT2D eigenvalue weighted by Gasteiger charge is 2.46. The van der Waals surface area contributed by atoms with E-state index in [1.165, 1.54) is 33.8 Å². The fraction of sp³-hybridized carbons (Fsp3) is 0.240. The van der Waals surface area contributed by atoms with E-state index in [4.69, 9.17) is 0 Å². The molecule has 1 atom stereocenters. The summed E-state index contributed by atoms with van der Waals surface area (Å²) in [6.45, 7) is 0.252. The van der Waals surface area contributed by atoms with Gasteiger partial charge in [0.1, 0.15) is 5.76 Å². The molecule has 156 valence electrons. The second-order valence-electron chi connectivity index (χ2n) is 7.99. The molecule has 5 nitrogen and oxygen atoms in total. The molecular weight excluding hydrogens is 408 g/mol. The number of Topliss-reactive ketones (excluding diaryl/α,β-unsaturated/α-hetero) is 1. The lowest BCUT2D eigenvalue weighted by Gasteiger charge is -2.24. The number of carbonyl (C=O) groups is 2. The van der Waals surface area contributed by atoms with Gasteiger partial charge < -0.3 is 10.0 Å². The molecule has 1 fully saturated rings. The quantitative estimate of drug-likeness (QED) is 0.372. The van der Waals surface area contributed by atoms with Crippen LogP contribution in [0.2, 0.25) is 0 Å². The second kappa shape index (κ2) is 8.12. The normalized spacial score (nSPS) is 20.1. The van der Waals surface area contributed by atoms with Crippen molar-refractivity contribution in [1.82, 2.24) is 9.88 Å². The van der Waals surface area contributed by atoms with Crippen LogP contribution < -0.4 is 0 Å². The van der Waals surface area contributed by atoms with Crippen molar-refractivity contribution in [3.8, 4) is 0 Å². The number of aryl methyl sites for hydroxylation is 2. The van der Waals surface area contributed by atoms with Crippen LogP contribution in [0.25, 0.3) is 5.76 Å². The van der Waals surface area contributed by atoms with E-state index >= 15 is 0 Å². The molecular formula is C25H22N2O3S. The van der Waals surface area contributed by atoms with E-state index in [-0.39, 0.29) is 17.9 Å². The maximum Gasteiger partial charge on any atom is 0.295 e. The minimum absolute atomic E-state index is 0.0983. The Morgan fingerprint density at radius 2 is 1.94 bits per heavy atom. The standard InChI is InChI=1S/C25H22N2O3S/c28-23(19-10-9-17-6-1-2-7-18(17)13-19)21-22(20-8-4-12-31-20)27(25(30)24(21)29)15-16-5-3-11-26-14-16/h3-5,8-14,22,28H,1-2,6-7,15H2/b23-21-. The minimum Gasteiger partial charge on any atom is -0.507 e. The van der Waals surface area contributed by atoms with E-state index in [0.29, 0.717) is 5.56 Å². The molecule has 0 bridgehead atoms. The molecule has 1 aromatic carbocycles. The van der Waals surface area contributed by atoms with Gasteiger partial charge >= 0.3 is 0 Å². The maximum absolute atomic E-state index is 13.1. The Bertz CT molecular complexity index is 1170. The SMILES string of the molecule is O=C1C(=O)N(Cc2cccnc2)C(c2cccs2)/C1=C(/O)c1ccc2c(c1)CCCC2. The first-order chi connectivity index (χ1) is 15.1. The molecule has 1 saturated heterocycles. The van der Waals surface area contributed by atoms with Crippen LogP contribution >= 0.6 is 11.3 Å². The van der Waals surface area contributed by atoms with Gasteiger partial charge in [-0.25, -0.2) is 0 Å². The van der Waals surface area contributed by atoms with Crippen molar-refractivity contribution in [3.05, 3.63) is 92.9 Å². The summed E-state index contributed by atoms with van der Waals surface area (Å²) >= 11 is 1.47. The number of ketones is 1. The molecule has 1 amide bonds. The molecule has 2 aliphatic rings.